The average molecular weight is 287 g/mol. The molecule has 1 saturated heterocycles. The van der Waals surface area contributed by atoms with Crippen LogP contribution in [0.3, 0.4) is 0 Å². The molecule has 1 aromatic heterocycles. The number of amides is 1. The Bertz CT molecular complexity index is 735. The van der Waals surface area contributed by atoms with E-state index in [-0.39, 0.29) is 11.9 Å². The zero-order valence-corrected chi connectivity index (χ0v) is 11.7. The molecule has 0 bridgehead atoms. The molecule has 2 aromatic rings. The average Bonchev–Trinajstić information content (AvgIpc) is 3.13. The molecule has 2 aliphatic rings. The number of nitrogens with one attached hydrogen (secondary N) is 1. The van der Waals surface area contributed by atoms with Crippen LogP contribution in [0.15, 0.2) is 22.6 Å². The Morgan fingerprint density at radius 3 is 2.90 bits per heavy atom. The Labute approximate surface area is 120 Å². The zero-order chi connectivity index (χ0) is 13.9. The lowest BCUT2D eigenvalue weighted by Crippen LogP contribution is -2.30. The summed E-state index contributed by atoms with van der Waals surface area (Å²) in [7, 11) is 0. The van der Waals surface area contributed by atoms with E-state index < -0.39 is 0 Å². The van der Waals surface area contributed by atoms with Crippen molar-refractivity contribution in [2.24, 2.45) is 0 Å². The highest BCUT2D eigenvalue weighted by Gasteiger charge is 2.34. The zero-order valence-electron chi connectivity index (χ0n) is 10.9. The number of carbonyl (C=O) groups is 1. The number of anilines is 1. The van der Waals surface area contributed by atoms with Crippen LogP contribution in [0.2, 0.25) is 0 Å². The number of carbonyl (C=O) groups excluding carboxylic acids is 1. The van der Waals surface area contributed by atoms with Crippen molar-refractivity contribution in [3.05, 3.63) is 24.1 Å². The van der Waals surface area contributed by atoms with Crippen molar-refractivity contribution >= 4 is 40.0 Å². The lowest BCUT2D eigenvalue weighted by atomic mass is 10.2. The molecule has 20 heavy (non-hydrogen) atoms. The van der Waals surface area contributed by atoms with Gasteiger partial charge in [0.2, 0.25) is 0 Å². The predicted molar refractivity (Wildman–Crippen MR) is 78.7 cm³/mol. The molecule has 1 aliphatic carbocycles. The topological polar surface area (TPSA) is 58.4 Å². The third kappa shape index (κ3) is 1.71. The minimum atomic E-state index is -0.280. The van der Waals surface area contributed by atoms with Crippen molar-refractivity contribution in [1.29, 1.82) is 0 Å². The Morgan fingerprint density at radius 2 is 2.25 bits per heavy atom. The van der Waals surface area contributed by atoms with Crippen LogP contribution >= 0.6 is 12.2 Å². The molecule has 6 heteroatoms. The maximum Gasteiger partial charge on any atom is 0.255 e. The van der Waals surface area contributed by atoms with Gasteiger partial charge in [-0.25, -0.2) is 4.98 Å². The van der Waals surface area contributed by atoms with Crippen LogP contribution < -0.4 is 10.2 Å². The molecule has 0 spiro atoms. The Kier molecular flexibility index (Phi) is 2.38. The van der Waals surface area contributed by atoms with Crippen LogP contribution in [-0.4, -0.2) is 22.0 Å². The number of hydrogen-bond acceptors (Lipinski definition) is 4. The maximum atomic E-state index is 12.1. The van der Waals surface area contributed by atoms with Gasteiger partial charge in [0.1, 0.15) is 11.6 Å². The van der Waals surface area contributed by atoms with Crippen LogP contribution in [0, 0.1) is 0 Å². The predicted octanol–water partition coefficient (Wildman–Crippen LogP) is 2.31. The molecule has 1 aromatic carbocycles. The van der Waals surface area contributed by atoms with E-state index in [2.05, 4.69) is 10.3 Å². The van der Waals surface area contributed by atoms with Gasteiger partial charge < -0.3 is 9.73 Å². The third-order valence-corrected chi connectivity index (χ3v) is 4.01. The molecule has 1 N–H and O–H groups in total. The number of rotatable bonds is 2. The first-order chi connectivity index (χ1) is 9.63. The van der Waals surface area contributed by atoms with Gasteiger partial charge in [-0.2, -0.15) is 0 Å². The van der Waals surface area contributed by atoms with E-state index in [1.807, 2.05) is 18.2 Å². The summed E-state index contributed by atoms with van der Waals surface area (Å²) in [4.78, 5) is 18.1. The first-order valence-electron chi connectivity index (χ1n) is 6.68. The van der Waals surface area contributed by atoms with Crippen LogP contribution in [0.1, 0.15) is 31.6 Å². The molecule has 5 nitrogen and oxygen atoms in total. The fourth-order valence-electron chi connectivity index (χ4n) is 2.43. The summed E-state index contributed by atoms with van der Waals surface area (Å²) < 4.78 is 5.72. The molecule has 0 unspecified atom stereocenters. The first kappa shape index (κ1) is 11.8. The smallest absolute Gasteiger partial charge is 0.255 e. The molecule has 1 atom stereocenters. The van der Waals surface area contributed by atoms with Crippen molar-refractivity contribution in [2.45, 2.75) is 31.7 Å². The van der Waals surface area contributed by atoms with Gasteiger partial charge in [0.05, 0.1) is 5.69 Å². The summed E-state index contributed by atoms with van der Waals surface area (Å²) in [5, 5.41) is 3.40. The molecule has 0 radical (unpaired) electrons. The highest BCUT2D eigenvalue weighted by molar-refractivity contribution is 7.80. The molecule has 2 heterocycles. The van der Waals surface area contributed by atoms with Crippen molar-refractivity contribution in [2.75, 3.05) is 4.90 Å². The monoisotopic (exact) mass is 287 g/mol. The fourth-order valence-corrected chi connectivity index (χ4v) is 2.80. The Balaban J connectivity index is 1.76. The van der Waals surface area contributed by atoms with E-state index in [1.54, 1.807) is 6.92 Å². The second kappa shape index (κ2) is 4.02. The number of nitrogens with zero attached hydrogens (tertiary/aromatic N) is 2. The summed E-state index contributed by atoms with van der Waals surface area (Å²) in [6, 6.07) is 5.27. The Morgan fingerprint density at radius 1 is 1.45 bits per heavy atom. The first-order valence-corrected chi connectivity index (χ1v) is 7.09. The molecular weight excluding hydrogens is 274 g/mol. The molecule has 1 amide bonds. The van der Waals surface area contributed by atoms with Gasteiger partial charge >= 0.3 is 0 Å². The van der Waals surface area contributed by atoms with E-state index in [4.69, 9.17) is 16.6 Å². The van der Waals surface area contributed by atoms with Gasteiger partial charge in [0.25, 0.3) is 5.91 Å². The molecule has 1 aliphatic heterocycles. The number of hydrogen-bond donors (Lipinski definition) is 1. The highest BCUT2D eigenvalue weighted by atomic mass is 32.1. The van der Waals surface area contributed by atoms with Crippen LogP contribution in [-0.2, 0) is 4.79 Å². The second-order valence-corrected chi connectivity index (χ2v) is 5.71. The number of aromatic nitrogens is 1. The highest BCUT2D eigenvalue weighted by Crippen LogP contribution is 2.40. The number of thiocarbonyl (C=S) groups is 1. The van der Waals surface area contributed by atoms with Crippen LogP contribution in [0.4, 0.5) is 5.69 Å². The van der Waals surface area contributed by atoms with Crippen molar-refractivity contribution < 1.29 is 9.21 Å². The molecule has 2 fully saturated rings. The number of fused-ring (bicyclic) bond motifs is 1. The Hall–Kier alpha value is -1.95. The van der Waals surface area contributed by atoms with Crippen molar-refractivity contribution in [3.63, 3.8) is 0 Å². The van der Waals surface area contributed by atoms with Gasteiger partial charge in [-0.05, 0) is 50.2 Å². The van der Waals surface area contributed by atoms with Crippen molar-refractivity contribution in [1.82, 2.24) is 10.3 Å². The minimum Gasteiger partial charge on any atom is -0.440 e. The van der Waals surface area contributed by atoms with Gasteiger partial charge in [0, 0.05) is 5.92 Å². The summed E-state index contributed by atoms with van der Waals surface area (Å²) in [5.74, 6) is 1.24. The lowest BCUT2D eigenvalue weighted by Gasteiger charge is -2.14. The summed E-state index contributed by atoms with van der Waals surface area (Å²) in [6.45, 7) is 1.80. The van der Waals surface area contributed by atoms with E-state index in [9.17, 15) is 4.79 Å². The summed E-state index contributed by atoms with van der Waals surface area (Å²) in [5.41, 5.74) is 2.27. The van der Waals surface area contributed by atoms with Crippen LogP contribution in [0.25, 0.3) is 11.1 Å². The van der Waals surface area contributed by atoms with Crippen LogP contribution in [0.5, 0.6) is 0 Å². The summed E-state index contributed by atoms with van der Waals surface area (Å²) >= 11 is 5.21. The number of oxazole rings is 1. The molecule has 1 saturated carbocycles. The minimum absolute atomic E-state index is 0.0414. The second-order valence-electron chi connectivity index (χ2n) is 5.32. The molecular formula is C14H13N3O2S. The standard InChI is InChI=1S/C14H13N3O2S/c1-7-13(18)17(14(20)15-7)9-4-5-11-10(6-9)16-12(19-11)8-2-3-8/h4-8H,2-3H2,1H3,(H,15,20)/t7-/m1/s1. The number of benzene rings is 1. The van der Waals surface area contributed by atoms with Crippen molar-refractivity contribution in [3.8, 4) is 0 Å². The molecule has 4 rings (SSSR count). The molecule has 102 valence electrons. The largest absolute Gasteiger partial charge is 0.440 e. The van der Waals surface area contributed by atoms with E-state index in [0.29, 0.717) is 11.0 Å². The lowest BCUT2D eigenvalue weighted by molar-refractivity contribution is -0.117. The fraction of sp³-hybridized carbons (Fsp3) is 0.357. The van der Waals surface area contributed by atoms with Gasteiger partial charge in [-0.15, -0.1) is 0 Å². The third-order valence-electron chi connectivity index (χ3n) is 3.71. The van der Waals surface area contributed by atoms with E-state index in [1.165, 1.54) is 4.90 Å². The van der Waals surface area contributed by atoms with Gasteiger partial charge in [-0.1, -0.05) is 0 Å². The quantitative estimate of drug-likeness (QED) is 0.859. The van der Waals surface area contributed by atoms with Gasteiger partial charge in [-0.3, -0.25) is 9.69 Å². The summed E-state index contributed by atoms with van der Waals surface area (Å²) in [6.07, 6.45) is 2.30. The van der Waals surface area contributed by atoms with E-state index >= 15 is 0 Å². The van der Waals surface area contributed by atoms with Gasteiger partial charge in [0.15, 0.2) is 16.6 Å². The van der Waals surface area contributed by atoms with E-state index in [0.717, 1.165) is 35.5 Å². The maximum absolute atomic E-state index is 12.1. The normalized spacial score (nSPS) is 22.6. The SMILES string of the molecule is C[C@H]1NC(=S)N(c2ccc3oc(C4CC4)nc3c2)C1=O.